The number of nitrogens with one attached hydrogen (secondary N) is 1. The minimum Gasteiger partial charge on any atom is -0.391 e. The van der Waals surface area contributed by atoms with E-state index in [0.717, 1.165) is 0 Å². The number of aromatic nitrogens is 1. The number of carbonyl (C=O) groups is 1. The predicted molar refractivity (Wildman–Crippen MR) is 88.9 cm³/mol. The van der Waals surface area contributed by atoms with E-state index in [4.69, 9.17) is 5.26 Å². The molecule has 0 bridgehead atoms. The normalized spacial score (nSPS) is 19.5. The molecule has 0 saturated carbocycles. The Bertz CT molecular complexity index is 803. The number of halogens is 1. The maximum absolute atomic E-state index is 13.5. The number of rotatable bonds is 4. The summed E-state index contributed by atoms with van der Waals surface area (Å²) in [6.07, 6.45) is 1.16. The lowest BCUT2D eigenvalue weighted by Gasteiger charge is -2.25. The van der Waals surface area contributed by atoms with Crippen LogP contribution in [0.5, 0.6) is 0 Å². The maximum Gasteiger partial charge on any atom is 0.242 e. The van der Waals surface area contributed by atoms with E-state index < -0.39 is 6.10 Å². The van der Waals surface area contributed by atoms with Gasteiger partial charge in [-0.05, 0) is 36.2 Å². The van der Waals surface area contributed by atoms with Crippen LogP contribution in [0.25, 0.3) is 0 Å². The molecule has 1 aromatic heterocycles. The molecule has 2 N–H and O–H groups in total. The van der Waals surface area contributed by atoms with E-state index in [1.165, 1.54) is 18.3 Å². The van der Waals surface area contributed by atoms with Gasteiger partial charge in [-0.1, -0.05) is 12.1 Å². The minimum absolute atomic E-state index is 0.00254. The Morgan fingerprint density at radius 2 is 2.28 bits per heavy atom. The summed E-state index contributed by atoms with van der Waals surface area (Å²) in [5.74, 6) is -0.0995. The van der Waals surface area contributed by atoms with Crippen LogP contribution < -0.4 is 5.32 Å². The van der Waals surface area contributed by atoms with Gasteiger partial charge in [-0.3, -0.25) is 4.79 Å². The number of benzene rings is 1. The molecule has 1 aromatic carbocycles. The second-order valence-electron chi connectivity index (χ2n) is 5.90. The SMILES string of the molecule is N#Cc1ccc(NCC(=O)N2C[C@@H](O)C[C@@H]2c2cccc(F)c2)nc1. The number of anilines is 1. The van der Waals surface area contributed by atoms with Crippen molar-refractivity contribution < 1.29 is 14.3 Å². The Morgan fingerprint density at radius 1 is 1.44 bits per heavy atom. The maximum atomic E-state index is 13.5. The number of β-amino-alcohol motifs (C(OH)–C–C–N with tert-alkyl or cyclic N) is 1. The smallest absolute Gasteiger partial charge is 0.242 e. The number of nitriles is 1. The summed E-state index contributed by atoms with van der Waals surface area (Å²) in [5, 5.41) is 21.6. The molecule has 6 nitrogen and oxygen atoms in total. The molecule has 7 heteroatoms. The molecule has 128 valence electrons. The highest BCUT2D eigenvalue weighted by atomic mass is 19.1. The zero-order chi connectivity index (χ0) is 17.8. The molecule has 2 heterocycles. The summed E-state index contributed by atoms with van der Waals surface area (Å²) >= 11 is 0. The van der Waals surface area contributed by atoms with Crippen molar-refractivity contribution in [1.29, 1.82) is 5.26 Å². The highest BCUT2D eigenvalue weighted by molar-refractivity contribution is 5.81. The fourth-order valence-electron chi connectivity index (χ4n) is 2.95. The molecular weight excluding hydrogens is 323 g/mol. The number of likely N-dealkylation sites (tertiary alicyclic amines) is 1. The highest BCUT2D eigenvalue weighted by Gasteiger charge is 2.35. The molecule has 2 aromatic rings. The third-order valence-corrected chi connectivity index (χ3v) is 4.15. The van der Waals surface area contributed by atoms with E-state index in [2.05, 4.69) is 10.3 Å². The zero-order valence-corrected chi connectivity index (χ0v) is 13.4. The van der Waals surface area contributed by atoms with Crippen LogP contribution in [-0.2, 0) is 4.79 Å². The third kappa shape index (κ3) is 3.92. The number of amides is 1. The van der Waals surface area contributed by atoms with Crippen LogP contribution in [0, 0.1) is 17.1 Å². The van der Waals surface area contributed by atoms with Crippen molar-refractivity contribution in [2.24, 2.45) is 0 Å². The van der Waals surface area contributed by atoms with Gasteiger partial charge in [-0.15, -0.1) is 0 Å². The molecule has 1 aliphatic rings. The van der Waals surface area contributed by atoms with Crippen molar-refractivity contribution in [1.82, 2.24) is 9.88 Å². The average Bonchev–Trinajstić information content (AvgIpc) is 3.02. The molecule has 0 unspecified atom stereocenters. The molecule has 25 heavy (non-hydrogen) atoms. The van der Waals surface area contributed by atoms with Gasteiger partial charge < -0.3 is 15.3 Å². The van der Waals surface area contributed by atoms with Crippen molar-refractivity contribution in [3.05, 3.63) is 59.5 Å². The van der Waals surface area contributed by atoms with E-state index in [0.29, 0.717) is 23.4 Å². The van der Waals surface area contributed by atoms with Gasteiger partial charge in [0.05, 0.1) is 24.3 Å². The first-order valence-corrected chi connectivity index (χ1v) is 7.90. The molecule has 1 amide bonds. The number of aliphatic hydroxyl groups excluding tert-OH is 1. The van der Waals surface area contributed by atoms with Gasteiger partial charge in [0.15, 0.2) is 0 Å². The second kappa shape index (κ2) is 7.28. The first-order valence-electron chi connectivity index (χ1n) is 7.90. The van der Waals surface area contributed by atoms with Gasteiger partial charge >= 0.3 is 0 Å². The Balaban J connectivity index is 1.68. The van der Waals surface area contributed by atoms with Crippen LogP contribution in [0.3, 0.4) is 0 Å². The highest BCUT2D eigenvalue weighted by Crippen LogP contribution is 2.32. The van der Waals surface area contributed by atoms with Gasteiger partial charge in [-0.2, -0.15) is 5.26 Å². The Labute approximate surface area is 144 Å². The number of hydrogen-bond acceptors (Lipinski definition) is 5. The first-order chi connectivity index (χ1) is 12.1. The summed E-state index contributed by atoms with van der Waals surface area (Å²) in [4.78, 5) is 18.1. The minimum atomic E-state index is -0.634. The van der Waals surface area contributed by atoms with Gasteiger partial charge in [0.25, 0.3) is 0 Å². The van der Waals surface area contributed by atoms with Crippen molar-refractivity contribution >= 4 is 11.7 Å². The lowest BCUT2D eigenvalue weighted by atomic mass is 10.0. The van der Waals surface area contributed by atoms with E-state index in [1.54, 1.807) is 29.2 Å². The Kier molecular flexibility index (Phi) is 4.91. The summed E-state index contributed by atoms with van der Waals surface area (Å²) in [6.45, 7) is 0.208. The Hall–Kier alpha value is -2.98. The summed E-state index contributed by atoms with van der Waals surface area (Å²) in [5.41, 5.74) is 1.10. The number of carbonyl (C=O) groups excluding carboxylic acids is 1. The predicted octanol–water partition coefficient (Wildman–Crippen LogP) is 1.84. The van der Waals surface area contributed by atoms with Gasteiger partial charge in [0.2, 0.25) is 5.91 Å². The van der Waals surface area contributed by atoms with E-state index in [9.17, 15) is 14.3 Å². The molecule has 0 radical (unpaired) electrons. The second-order valence-corrected chi connectivity index (χ2v) is 5.90. The summed E-state index contributed by atoms with van der Waals surface area (Å²) < 4.78 is 13.5. The first kappa shape index (κ1) is 16.9. The van der Waals surface area contributed by atoms with Crippen molar-refractivity contribution in [2.75, 3.05) is 18.4 Å². The zero-order valence-electron chi connectivity index (χ0n) is 13.4. The standard InChI is InChI=1S/C18H17FN4O2/c19-14-3-1-2-13(6-14)16-7-15(24)11-23(16)18(25)10-22-17-5-4-12(8-20)9-21-17/h1-6,9,15-16,24H,7,10-11H2,(H,21,22)/t15-,16+/m0/s1. The van der Waals surface area contributed by atoms with Gasteiger partial charge in [0.1, 0.15) is 17.7 Å². The average molecular weight is 340 g/mol. The van der Waals surface area contributed by atoms with Crippen LogP contribution in [0.4, 0.5) is 10.2 Å². The van der Waals surface area contributed by atoms with Crippen LogP contribution >= 0.6 is 0 Å². The van der Waals surface area contributed by atoms with Crippen LogP contribution in [-0.4, -0.2) is 40.1 Å². The molecule has 1 aliphatic heterocycles. The lowest BCUT2D eigenvalue weighted by molar-refractivity contribution is -0.130. The van der Waals surface area contributed by atoms with Crippen LogP contribution in [0.2, 0.25) is 0 Å². The number of hydrogen-bond donors (Lipinski definition) is 2. The summed E-state index contributed by atoms with van der Waals surface area (Å²) in [6, 6.07) is 10.9. The molecular formula is C18H17FN4O2. The number of pyridine rings is 1. The quantitative estimate of drug-likeness (QED) is 0.886. The number of aliphatic hydroxyl groups is 1. The third-order valence-electron chi connectivity index (χ3n) is 4.15. The molecule has 3 rings (SSSR count). The van der Waals surface area contributed by atoms with E-state index in [-0.39, 0.29) is 30.9 Å². The number of nitrogens with zero attached hydrogens (tertiary/aromatic N) is 3. The fraction of sp³-hybridized carbons (Fsp3) is 0.278. The van der Waals surface area contributed by atoms with E-state index >= 15 is 0 Å². The van der Waals surface area contributed by atoms with Crippen molar-refractivity contribution in [3.8, 4) is 6.07 Å². The molecule has 1 saturated heterocycles. The Morgan fingerprint density at radius 3 is 2.96 bits per heavy atom. The molecule has 0 spiro atoms. The van der Waals surface area contributed by atoms with Crippen LogP contribution in [0.1, 0.15) is 23.6 Å². The molecule has 1 fully saturated rings. The van der Waals surface area contributed by atoms with Gasteiger partial charge in [-0.25, -0.2) is 9.37 Å². The topological polar surface area (TPSA) is 89.2 Å². The molecule has 0 aliphatic carbocycles. The van der Waals surface area contributed by atoms with Crippen molar-refractivity contribution in [2.45, 2.75) is 18.6 Å². The fourth-order valence-corrected chi connectivity index (χ4v) is 2.95. The van der Waals surface area contributed by atoms with E-state index in [1.807, 2.05) is 6.07 Å². The largest absolute Gasteiger partial charge is 0.391 e. The summed E-state index contributed by atoms with van der Waals surface area (Å²) in [7, 11) is 0. The lowest BCUT2D eigenvalue weighted by Crippen LogP contribution is -2.36. The van der Waals surface area contributed by atoms with Crippen LogP contribution in [0.15, 0.2) is 42.6 Å². The molecule has 2 atom stereocenters. The van der Waals surface area contributed by atoms with Crippen molar-refractivity contribution in [3.63, 3.8) is 0 Å². The monoisotopic (exact) mass is 340 g/mol. The van der Waals surface area contributed by atoms with Gasteiger partial charge in [0, 0.05) is 12.7 Å².